The van der Waals surface area contributed by atoms with Crippen LogP contribution in [0.1, 0.15) is 17.2 Å². The van der Waals surface area contributed by atoms with Crippen LogP contribution in [0.5, 0.6) is 5.75 Å². The molecule has 0 amide bonds. The number of nitro benzene ring substituents is 1. The minimum Gasteiger partial charge on any atom is -0.505 e. The number of phenols is 1. The van der Waals surface area contributed by atoms with Gasteiger partial charge in [-0.05, 0) is 30.3 Å². The van der Waals surface area contributed by atoms with Crippen molar-refractivity contribution in [2.45, 2.75) is 6.04 Å². The molecule has 0 aliphatic carbocycles. The molecule has 138 valence electrons. The van der Waals surface area contributed by atoms with Gasteiger partial charge in [-0.2, -0.15) is 0 Å². The fourth-order valence-electron chi connectivity index (χ4n) is 3.15. The normalized spacial score (nSPS) is 11.9. The van der Waals surface area contributed by atoms with Crippen molar-refractivity contribution in [3.63, 3.8) is 0 Å². The summed E-state index contributed by atoms with van der Waals surface area (Å²) in [7, 11) is 0. The summed E-state index contributed by atoms with van der Waals surface area (Å²) >= 11 is 0. The van der Waals surface area contributed by atoms with Gasteiger partial charge in [0.1, 0.15) is 17.3 Å². The first kappa shape index (κ1) is 17.4. The average molecular weight is 373 g/mol. The number of hydrogen-bond acceptors (Lipinski definition) is 5. The number of non-ortho nitro benzene ring substituents is 1. The lowest BCUT2D eigenvalue weighted by atomic mass is 9.96. The van der Waals surface area contributed by atoms with Crippen LogP contribution in [0.3, 0.4) is 0 Å². The number of pyridine rings is 2. The van der Waals surface area contributed by atoms with Gasteiger partial charge in [0.05, 0.1) is 11.1 Å². The molecule has 2 aromatic heterocycles. The maximum atomic E-state index is 11.0. The minimum absolute atomic E-state index is 0.0122. The third-order valence-electron chi connectivity index (χ3n) is 4.54. The van der Waals surface area contributed by atoms with Crippen molar-refractivity contribution >= 4 is 22.4 Å². The van der Waals surface area contributed by atoms with Crippen LogP contribution in [0.15, 0.2) is 79.1 Å². The van der Waals surface area contributed by atoms with E-state index in [0.29, 0.717) is 11.1 Å². The predicted octanol–water partition coefficient (Wildman–Crippen LogP) is 3.86. The molecule has 1 atom stereocenters. The van der Waals surface area contributed by atoms with Crippen molar-refractivity contribution in [1.29, 1.82) is 0 Å². The highest BCUT2D eigenvalue weighted by Gasteiger charge is 2.24. The molecule has 0 saturated heterocycles. The lowest BCUT2D eigenvalue weighted by molar-refractivity contribution is -0.384. The van der Waals surface area contributed by atoms with Crippen LogP contribution in [-0.4, -0.2) is 15.0 Å². The number of H-pyrrole nitrogens is 1. The van der Waals surface area contributed by atoms with Crippen LogP contribution in [0, 0.1) is 10.1 Å². The summed E-state index contributed by atoms with van der Waals surface area (Å²) in [5.41, 5.74) is 1.91. The topological polar surface area (TPSA) is 102 Å². The van der Waals surface area contributed by atoms with Crippen molar-refractivity contribution in [2.24, 2.45) is 0 Å². The molecule has 0 aliphatic rings. The standard InChI is InChI=1S/C21H16N4O3/c26-21-17(11-8-14-4-3-13-23-20(14)21)19(24-18-5-1-2-12-22-18)15-6-9-16(10-7-15)25(27)28/h1-13,19,26H,(H,22,24)/p+1/t19-/m1/s1. The van der Waals surface area contributed by atoms with Crippen molar-refractivity contribution in [3.8, 4) is 5.75 Å². The second-order valence-corrected chi connectivity index (χ2v) is 6.28. The van der Waals surface area contributed by atoms with Gasteiger partial charge in [-0.15, -0.1) is 0 Å². The van der Waals surface area contributed by atoms with E-state index < -0.39 is 11.0 Å². The number of benzene rings is 2. The summed E-state index contributed by atoms with van der Waals surface area (Å²) in [5, 5.41) is 26.0. The fraction of sp³-hybridized carbons (Fsp3) is 0.0476. The highest BCUT2D eigenvalue weighted by Crippen LogP contribution is 2.36. The monoisotopic (exact) mass is 373 g/mol. The maximum Gasteiger partial charge on any atom is 0.272 e. The summed E-state index contributed by atoms with van der Waals surface area (Å²) < 4.78 is 0. The number of hydrogen-bond donors (Lipinski definition) is 2. The number of aromatic hydroxyl groups is 1. The van der Waals surface area contributed by atoms with E-state index in [-0.39, 0.29) is 11.4 Å². The van der Waals surface area contributed by atoms with Crippen LogP contribution in [-0.2, 0) is 0 Å². The van der Waals surface area contributed by atoms with E-state index in [9.17, 15) is 15.2 Å². The lowest BCUT2D eigenvalue weighted by Gasteiger charge is -2.17. The molecule has 2 heterocycles. The van der Waals surface area contributed by atoms with Gasteiger partial charge in [0.25, 0.3) is 11.5 Å². The van der Waals surface area contributed by atoms with Gasteiger partial charge in [-0.25, -0.2) is 4.98 Å². The summed E-state index contributed by atoms with van der Waals surface area (Å²) in [4.78, 5) is 17.9. The second kappa shape index (κ2) is 7.32. The first-order valence-electron chi connectivity index (χ1n) is 8.67. The minimum atomic E-state index is -0.439. The van der Waals surface area contributed by atoms with Gasteiger partial charge in [0, 0.05) is 40.9 Å². The number of phenolic OH excluding ortho intramolecular Hbond substituents is 1. The van der Waals surface area contributed by atoms with Gasteiger partial charge in [0.2, 0.25) is 0 Å². The Morgan fingerprint density at radius 1 is 1.04 bits per heavy atom. The molecule has 0 unspecified atom stereocenters. The van der Waals surface area contributed by atoms with Crippen LogP contribution >= 0.6 is 0 Å². The molecular formula is C21H17N4O3+. The quantitative estimate of drug-likeness (QED) is 0.408. The number of nitro groups is 1. The molecule has 3 N–H and O–H groups in total. The molecule has 7 heteroatoms. The largest absolute Gasteiger partial charge is 0.505 e. The molecule has 0 spiro atoms. The van der Waals surface area contributed by atoms with E-state index in [1.165, 1.54) is 12.1 Å². The van der Waals surface area contributed by atoms with Crippen LogP contribution in [0.25, 0.3) is 10.9 Å². The Kier molecular flexibility index (Phi) is 4.55. The van der Waals surface area contributed by atoms with E-state index in [4.69, 9.17) is 0 Å². The summed E-state index contributed by atoms with van der Waals surface area (Å²) in [5.74, 6) is 0.816. The van der Waals surface area contributed by atoms with Gasteiger partial charge in [0.15, 0.2) is 0 Å². The molecule has 0 bridgehead atoms. The Morgan fingerprint density at radius 3 is 2.57 bits per heavy atom. The number of anilines is 1. The van der Waals surface area contributed by atoms with Gasteiger partial charge in [-0.3, -0.25) is 20.4 Å². The highest BCUT2D eigenvalue weighted by atomic mass is 16.6. The summed E-state index contributed by atoms with van der Waals surface area (Å²) in [6.45, 7) is 0. The first-order valence-corrected chi connectivity index (χ1v) is 8.67. The van der Waals surface area contributed by atoms with Crippen molar-refractivity contribution in [3.05, 3.63) is 100 Å². The molecule has 0 saturated carbocycles. The summed E-state index contributed by atoms with van der Waals surface area (Å²) in [6.07, 6.45) is 3.42. The zero-order valence-electron chi connectivity index (χ0n) is 14.7. The molecule has 0 aliphatic heterocycles. The van der Waals surface area contributed by atoms with Crippen molar-refractivity contribution in [2.75, 3.05) is 5.32 Å². The molecule has 2 aromatic carbocycles. The van der Waals surface area contributed by atoms with Crippen molar-refractivity contribution < 1.29 is 15.0 Å². The zero-order chi connectivity index (χ0) is 19.5. The first-order chi connectivity index (χ1) is 13.6. The summed E-state index contributed by atoms with van der Waals surface area (Å²) in [6, 6.07) is 18.9. The third-order valence-corrected chi connectivity index (χ3v) is 4.54. The fourth-order valence-corrected chi connectivity index (χ4v) is 3.15. The Hall–Kier alpha value is -4.00. The van der Waals surface area contributed by atoms with Crippen molar-refractivity contribution in [1.82, 2.24) is 4.98 Å². The Balaban J connectivity index is 1.83. The van der Waals surface area contributed by atoms with Gasteiger partial charge in [-0.1, -0.05) is 18.2 Å². The van der Waals surface area contributed by atoms with E-state index in [1.807, 2.05) is 42.5 Å². The van der Waals surface area contributed by atoms with Crippen LogP contribution in [0.4, 0.5) is 11.5 Å². The van der Waals surface area contributed by atoms with Crippen LogP contribution in [0.2, 0.25) is 0 Å². The SMILES string of the molecule is O=[N+]([O-])c1ccc([C@@H](Nc2cccc[nH+]2)c2ccc3cccnc3c2O)cc1. The third kappa shape index (κ3) is 3.33. The van der Waals surface area contributed by atoms with E-state index in [1.54, 1.807) is 24.5 Å². The Morgan fingerprint density at radius 2 is 1.86 bits per heavy atom. The average Bonchev–Trinajstić information content (AvgIpc) is 2.74. The zero-order valence-corrected chi connectivity index (χ0v) is 14.7. The predicted molar refractivity (Wildman–Crippen MR) is 105 cm³/mol. The molecule has 0 radical (unpaired) electrons. The molecule has 4 rings (SSSR count). The Labute approximate surface area is 160 Å². The highest BCUT2D eigenvalue weighted by molar-refractivity contribution is 5.86. The molecular weight excluding hydrogens is 356 g/mol. The Bertz CT molecular complexity index is 1130. The van der Waals surface area contributed by atoms with Gasteiger partial charge >= 0.3 is 0 Å². The molecule has 7 nitrogen and oxygen atoms in total. The number of nitrogens with one attached hydrogen (secondary N) is 2. The number of aromatic amines is 1. The number of rotatable bonds is 5. The molecule has 28 heavy (non-hydrogen) atoms. The maximum absolute atomic E-state index is 11.0. The second-order valence-electron chi connectivity index (χ2n) is 6.28. The van der Waals surface area contributed by atoms with E-state index in [0.717, 1.165) is 16.8 Å². The molecule has 4 aromatic rings. The molecule has 0 fully saturated rings. The van der Waals surface area contributed by atoms with E-state index in [2.05, 4.69) is 15.3 Å². The number of aromatic nitrogens is 2. The number of fused-ring (bicyclic) bond motifs is 1. The van der Waals surface area contributed by atoms with E-state index >= 15 is 0 Å². The smallest absolute Gasteiger partial charge is 0.272 e. The number of nitrogens with zero attached hydrogens (tertiary/aromatic N) is 2. The van der Waals surface area contributed by atoms with Crippen LogP contribution < -0.4 is 10.3 Å². The lowest BCUT2D eigenvalue weighted by Crippen LogP contribution is -2.19. The van der Waals surface area contributed by atoms with Gasteiger partial charge < -0.3 is 5.11 Å².